The average molecular weight is 252 g/mol. The molecule has 4 heteroatoms. The number of ether oxygens (including phenoxy) is 2. The molecule has 1 unspecified atom stereocenters. The number of halogens is 1. The molecule has 16 heavy (non-hydrogen) atoms. The van der Waals surface area contributed by atoms with Crippen LogP contribution in [-0.4, -0.2) is 57.3 Å². The Hall–Kier alpha value is 0.170. The van der Waals surface area contributed by atoms with E-state index in [0.717, 1.165) is 38.6 Å². The van der Waals surface area contributed by atoms with Crippen molar-refractivity contribution in [2.45, 2.75) is 32.2 Å². The van der Waals surface area contributed by atoms with E-state index in [0.29, 0.717) is 6.04 Å². The van der Waals surface area contributed by atoms with E-state index in [-0.39, 0.29) is 0 Å². The molecule has 0 aliphatic rings. The van der Waals surface area contributed by atoms with Crippen LogP contribution in [-0.2, 0) is 9.47 Å². The fourth-order valence-electron chi connectivity index (χ4n) is 1.69. The second-order valence-electron chi connectivity index (χ2n) is 4.08. The molecule has 0 aromatic heterocycles. The zero-order valence-electron chi connectivity index (χ0n) is 10.9. The van der Waals surface area contributed by atoms with Crippen molar-refractivity contribution in [3.8, 4) is 0 Å². The maximum Gasteiger partial charge on any atom is 0.0615 e. The SMILES string of the molecule is COCCN(CCCCCCl)C(C)COC. The van der Waals surface area contributed by atoms with E-state index in [2.05, 4.69) is 11.8 Å². The molecule has 0 aromatic rings. The van der Waals surface area contributed by atoms with Crippen molar-refractivity contribution in [3.05, 3.63) is 0 Å². The predicted octanol–water partition coefficient (Wildman–Crippen LogP) is 2.38. The Kier molecular flexibility index (Phi) is 11.8. The third-order valence-corrected chi connectivity index (χ3v) is 2.96. The maximum absolute atomic E-state index is 5.66. The van der Waals surface area contributed by atoms with E-state index in [9.17, 15) is 0 Å². The zero-order chi connectivity index (χ0) is 12.2. The molecule has 0 saturated carbocycles. The van der Waals surface area contributed by atoms with E-state index in [1.165, 1.54) is 12.8 Å². The van der Waals surface area contributed by atoms with Crippen LogP contribution in [0.15, 0.2) is 0 Å². The summed E-state index contributed by atoms with van der Waals surface area (Å²) in [4.78, 5) is 2.42. The van der Waals surface area contributed by atoms with Crippen LogP contribution < -0.4 is 0 Å². The summed E-state index contributed by atoms with van der Waals surface area (Å²) in [5, 5.41) is 0. The van der Waals surface area contributed by atoms with Gasteiger partial charge in [-0.2, -0.15) is 0 Å². The van der Waals surface area contributed by atoms with Crippen molar-refractivity contribution >= 4 is 11.6 Å². The molecule has 0 aromatic carbocycles. The smallest absolute Gasteiger partial charge is 0.0615 e. The van der Waals surface area contributed by atoms with Gasteiger partial charge in [0, 0.05) is 32.7 Å². The normalized spacial score (nSPS) is 13.3. The van der Waals surface area contributed by atoms with Gasteiger partial charge in [0.15, 0.2) is 0 Å². The first-order valence-electron chi connectivity index (χ1n) is 6.04. The molecule has 0 spiro atoms. The molecule has 0 saturated heterocycles. The van der Waals surface area contributed by atoms with Gasteiger partial charge in [-0.15, -0.1) is 11.6 Å². The van der Waals surface area contributed by atoms with Crippen LogP contribution in [0.5, 0.6) is 0 Å². The number of hydrogen-bond acceptors (Lipinski definition) is 3. The highest BCUT2D eigenvalue weighted by Gasteiger charge is 2.12. The molecule has 0 bridgehead atoms. The summed E-state index contributed by atoms with van der Waals surface area (Å²) >= 11 is 5.66. The molecule has 0 rings (SSSR count). The molecular formula is C12H26ClNO2. The molecule has 0 aliphatic heterocycles. The van der Waals surface area contributed by atoms with Gasteiger partial charge in [0.25, 0.3) is 0 Å². The Morgan fingerprint density at radius 2 is 1.81 bits per heavy atom. The lowest BCUT2D eigenvalue weighted by atomic mass is 10.2. The van der Waals surface area contributed by atoms with E-state index >= 15 is 0 Å². The van der Waals surface area contributed by atoms with Crippen LogP contribution in [0.1, 0.15) is 26.2 Å². The first-order valence-corrected chi connectivity index (χ1v) is 6.57. The van der Waals surface area contributed by atoms with Crippen LogP contribution in [0.25, 0.3) is 0 Å². The van der Waals surface area contributed by atoms with Gasteiger partial charge in [-0.25, -0.2) is 0 Å². The quantitative estimate of drug-likeness (QED) is 0.416. The van der Waals surface area contributed by atoms with Crippen molar-refractivity contribution in [2.75, 3.05) is 46.4 Å². The monoisotopic (exact) mass is 251 g/mol. The topological polar surface area (TPSA) is 21.7 Å². The van der Waals surface area contributed by atoms with Crippen LogP contribution in [0.3, 0.4) is 0 Å². The lowest BCUT2D eigenvalue weighted by Gasteiger charge is -2.28. The second-order valence-corrected chi connectivity index (χ2v) is 4.46. The Morgan fingerprint density at radius 1 is 1.06 bits per heavy atom. The van der Waals surface area contributed by atoms with Gasteiger partial charge in [0.1, 0.15) is 0 Å². The van der Waals surface area contributed by atoms with Crippen molar-refractivity contribution in [1.29, 1.82) is 0 Å². The number of hydrogen-bond donors (Lipinski definition) is 0. The Bertz CT molecular complexity index is 147. The summed E-state index contributed by atoms with van der Waals surface area (Å²) in [5.41, 5.74) is 0. The molecule has 0 N–H and O–H groups in total. The van der Waals surface area contributed by atoms with E-state index in [1.807, 2.05) is 0 Å². The number of unbranched alkanes of at least 4 members (excludes halogenated alkanes) is 2. The molecule has 98 valence electrons. The lowest BCUT2D eigenvalue weighted by Crippen LogP contribution is -2.39. The van der Waals surface area contributed by atoms with Crippen molar-refractivity contribution in [3.63, 3.8) is 0 Å². The summed E-state index contributed by atoms with van der Waals surface area (Å²) in [7, 11) is 3.49. The van der Waals surface area contributed by atoms with Crippen LogP contribution >= 0.6 is 11.6 Å². The molecule has 3 nitrogen and oxygen atoms in total. The summed E-state index contributed by atoms with van der Waals surface area (Å²) in [6, 6.07) is 0.455. The largest absolute Gasteiger partial charge is 0.383 e. The lowest BCUT2D eigenvalue weighted by molar-refractivity contribution is 0.0740. The summed E-state index contributed by atoms with van der Waals surface area (Å²) in [6.07, 6.45) is 3.51. The minimum atomic E-state index is 0.455. The number of rotatable bonds is 11. The number of alkyl halides is 1. The van der Waals surface area contributed by atoms with Gasteiger partial charge in [-0.1, -0.05) is 6.42 Å². The molecule has 0 heterocycles. The molecule has 1 atom stereocenters. The molecule has 0 amide bonds. The average Bonchev–Trinajstić information content (AvgIpc) is 2.28. The van der Waals surface area contributed by atoms with Crippen LogP contribution in [0.4, 0.5) is 0 Å². The first kappa shape index (κ1) is 16.2. The van der Waals surface area contributed by atoms with Crippen LogP contribution in [0, 0.1) is 0 Å². The van der Waals surface area contributed by atoms with E-state index in [1.54, 1.807) is 14.2 Å². The van der Waals surface area contributed by atoms with Gasteiger partial charge in [0.05, 0.1) is 13.2 Å². The molecular weight excluding hydrogens is 226 g/mol. The Balaban J connectivity index is 3.79. The van der Waals surface area contributed by atoms with E-state index < -0.39 is 0 Å². The minimum Gasteiger partial charge on any atom is -0.383 e. The fraction of sp³-hybridized carbons (Fsp3) is 1.00. The molecule has 0 fully saturated rings. The highest BCUT2D eigenvalue weighted by atomic mass is 35.5. The third-order valence-electron chi connectivity index (χ3n) is 2.69. The number of nitrogens with zero attached hydrogens (tertiary/aromatic N) is 1. The zero-order valence-corrected chi connectivity index (χ0v) is 11.6. The Labute approximate surface area is 105 Å². The summed E-state index contributed by atoms with van der Waals surface area (Å²) < 4.78 is 10.3. The van der Waals surface area contributed by atoms with Gasteiger partial charge >= 0.3 is 0 Å². The van der Waals surface area contributed by atoms with Crippen molar-refractivity contribution < 1.29 is 9.47 Å². The van der Waals surface area contributed by atoms with Gasteiger partial charge < -0.3 is 9.47 Å². The minimum absolute atomic E-state index is 0.455. The molecule has 0 aliphatic carbocycles. The van der Waals surface area contributed by atoms with Crippen LogP contribution in [0.2, 0.25) is 0 Å². The van der Waals surface area contributed by atoms with Crippen molar-refractivity contribution in [1.82, 2.24) is 4.90 Å². The van der Waals surface area contributed by atoms with E-state index in [4.69, 9.17) is 21.1 Å². The highest BCUT2D eigenvalue weighted by molar-refractivity contribution is 6.17. The van der Waals surface area contributed by atoms with Gasteiger partial charge in [0.2, 0.25) is 0 Å². The number of methoxy groups -OCH3 is 2. The second kappa shape index (κ2) is 11.6. The van der Waals surface area contributed by atoms with Crippen molar-refractivity contribution in [2.24, 2.45) is 0 Å². The first-order chi connectivity index (χ1) is 7.76. The molecule has 0 radical (unpaired) electrons. The predicted molar refractivity (Wildman–Crippen MR) is 69.4 cm³/mol. The fourth-order valence-corrected chi connectivity index (χ4v) is 1.88. The summed E-state index contributed by atoms with van der Waals surface area (Å²) in [6.45, 7) is 5.83. The summed E-state index contributed by atoms with van der Waals surface area (Å²) in [5.74, 6) is 0.770. The maximum atomic E-state index is 5.66. The third kappa shape index (κ3) is 8.34. The van der Waals surface area contributed by atoms with Gasteiger partial charge in [-0.3, -0.25) is 4.90 Å². The Morgan fingerprint density at radius 3 is 2.38 bits per heavy atom. The highest BCUT2D eigenvalue weighted by Crippen LogP contribution is 2.05. The standard InChI is InChI=1S/C12H26ClNO2/c1-12(11-16-3)14(9-10-15-2)8-6-4-5-7-13/h12H,4-11H2,1-3H3. The van der Waals surface area contributed by atoms with Gasteiger partial charge in [-0.05, 0) is 26.3 Å².